The van der Waals surface area contributed by atoms with E-state index in [-0.39, 0.29) is 22.1 Å². The number of aryl methyl sites for hydroxylation is 1. The number of amides is 1. The predicted octanol–water partition coefficient (Wildman–Crippen LogP) is 4.72. The van der Waals surface area contributed by atoms with E-state index in [1.807, 2.05) is 19.1 Å². The number of para-hydroxylation sites is 1. The number of nitrogens with zero attached hydrogens (tertiary/aromatic N) is 1. The maximum Gasteiger partial charge on any atom is 0.261 e. The summed E-state index contributed by atoms with van der Waals surface area (Å²) in [6, 6.07) is 21.4. The largest absolute Gasteiger partial charge is 0.372 e. The van der Waals surface area contributed by atoms with Crippen LogP contribution in [-0.2, 0) is 16.6 Å². The molecule has 0 bridgehead atoms. The first kappa shape index (κ1) is 22.9. The Morgan fingerprint density at radius 2 is 1.55 bits per heavy atom. The lowest BCUT2D eigenvalue weighted by molar-refractivity contribution is 0.0952. The van der Waals surface area contributed by atoms with Crippen molar-refractivity contribution in [3.63, 3.8) is 0 Å². The smallest absolute Gasteiger partial charge is 0.261 e. The van der Waals surface area contributed by atoms with Crippen LogP contribution in [0.2, 0.25) is 0 Å². The average Bonchev–Trinajstić information content (AvgIpc) is 2.84. The van der Waals surface area contributed by atoms with Crippen molar-refractivity contribution in [1.29, 1.82) is 0 Å². The standard InChI is InChI=1S/C26H29N3O3S/c1-20-9-15-23(16-10-20)33(31,32)28-25-8-4-3-7-24(25)26(30)27-19-21-11-13-22(14-12-21)29-17-5-2-6-18-29/h3-4,7-16,28H,2,5-6,17-19H2,1H3,(H,27,30). The molecule has 0 aliphatic carbocycles. The number of sulfonamides is 1. The third-order valence-electron chi connectivity index (χ3n) is 5.86. The Morgan fingerprint density at radius 3 is 2.24 bits per heavy atom. The highest BCUT2D eigenvalue weighted by Crippen LogP contribution is 2.22. The molecule has 0 atom stereocenters. The molecule has 1 aliphatic heterocycles. The average molecular weight is 464 g/mol. The summed E-state index contributed by atoms with van der Waals surface area (Å²) in [5.41, 5.74) is 3.69. The van der Waals surface area contributed by atoms with Crippen molar-refractivity contribution in [2.45, 2.75) is 37.6 Å². The second-order valence-corrected chi connectivity index (χ2v) is 10.0. The van der Waals surface area contributed by atoms with Crippen LogP contribution in [0.25, 0.3) is 0 Å². The van der Waals surface area contributed by atoms with Gasteiger partial charge in [-0.2, -0.15) is 0 Å². The molecule has 172 valence electrons. The normalized spacial score (nSPS) is 14.0. The van der Waals surface area contributed by atoms with Crippen LogP contribution in [0.1, 0.15) is 40.7 Å². The number of hydrogen-bond acceptors (Lipinski definition) is 4. The summed E-state index contributed by atoms with van der Waals surface area (Å²) in [6.07, 6.45) is 3.75. The second-order valence-electron chi connectivity index (χ2n) is 8.36. The molecule has 3 aromatic carbocycles. The van der Waals surface area contributed by atoms with Crippen LogP contribution < -0.4 is 14.9 Å². The van der Waals surface area contributed by atoms with Gasteiger partial charge in [-0.3, -0.25) is 9.52 Å². The first-order chi connectivity index (χ1) is 15.9. The Labute approximate surface area is 195 Å². The molecule has 6 nitrogen and oxygen atoms in total. The van der Waals surface area contributed by atoms with Crippen LogP contribution >= 0.6 is 0 Å². The first-order valence-corrected chi connectivity index (χ1v) is 12.7. The van der Waals surface area contributed by atoms with E-state index in [0.29, 0.717) is 6.54 Å². The van der Waals surface area contributed by atoms with E-state index in [4.69, 9.17) is 0 Å². The predicted molar refractivity (Wildman–Crippen MR) is 132 cm³/mol. The maximum atomic E-state index is 12.9. The van der Waals surface area contributed by atoms with Gasteiger partial charge in [0.15, 0.2) is 0 Å². The van der Waals surface area contributed by atoms with E-state index in [1.54, 1.807) is 48.5 Å². The van der Waals surface area contributed by atoms with Gasteiger partial charge in [0.05, 0.1) is 16.1 Å². The molecule has 33 heavy (non-hydrogen) atoms. The van der Waals surface area contributed by atoms with Crippen molar-refractivity contribution in [3.8, 4) is 0 Å². The molecule has 1 saturated heterocycles. The molecule has 2 N–H and O–H groups in total. The SMILES string of the molecule is Cc1ccc(S(=O)(=O)Nc2ccccc2C(=O)NCc2ccc(N3CCCCC3)cc2)cc1. The first-order valence-electron chi connectivity index (χ1n) is 11.2. The summed E-state index contributed by atoms with van der Waals surface area (Å²) < 4.78 is 28.1. The molecule has 0 spiro atoms. The number of hydrogen-bond donors (Lipinski definition) is 2. The van der Waals surface area contributed by atoms with E-state index in [0.717, 1.165) is 24.2 Å². The lowest BCUT2D eigenvalue weighted by Crippen LogP contribution is -2.29. The molecule has 1 fully saturated rings. The van der Waals surface area contributed by atoms with Crippen molar-refractivity contribution in [2.75, 3.05) is 22.7 Å². The highest BCUT2D eigenvalue weighted by atomic mass is 32.2. The Kier molecular flexibility index (Phi) is 6.99. The fourth-order valence-corrected chi connectivity index (χ4v) is 5.03. The molecular weight excluding hydrogens is 434 g/mol. The van der Waals surface area contributed by atoms with E-state index >= 15 is 0 Å². The molecule has 1 aliphatic rings. The minimum atomic E-state index is -3.80. The van der Waals surface area contributed by atoms with Gasteiger partial charge in [0, 0.05) is 25.3 Å². The second kappa shape index (κ2) is 10.1. The van der Waals surface area contributed by atoms with Gasteiger partial charge in [-0.15, -0.1) is 0 Å². The van der Waals surface area contributed by atoms with Crippen molar-refractivity contribution < 1.29 is 13.2 Å². The zero-order valence-corrected chi connectivity index (χ0v) is 19.6. The molecule has 0 radical (unpaired) electrons. The van der Waals surface area contributed by atoms with Gasteiger partial charge in [-0.25, -0.2) is 8.42 Å². The highest BCUT2D eigenvalue weighted by Gasteiger charge is 2.18. The van der Waals surface area contributed by atoms with E-state index in [2.05, 4.69) is 27.1 Å². The molecule has 0 aromatic heterocycles. The van der Waals surface area contributed by atoms with Gasteiger partial charge in [-0.05, 0) is 68.1 Å². The maximum absolute atomic E-state index is 12.9. The summed E-state index contributed by atoms with van der Waals surface area (Å²) in [5.74, 6) is -0.336. The number of carbonyl (C=O) groups excluding carboxylic acids is 1. The summed E-state index contributed by atoms with van der Waals surface area (Å²) in [5, 5.41) is 2.90. The van der Waals surface area contributed by atoms with Crippen LogP contribution in [0.3, 0.4) is 0 Å². The van der Waals surface area contributed by atoms with Gasteiger partial charge in [0.25, 0.3) is 15.9 Å². The van der Waals surface area contributed by atoms with Gasteiger partial charge in [0.2, 0.25) is 0 Å². The van der Waals surface area contributed by atoms with Crippen molar-refractivity contribution >= 4 is 27.3 Å². The van der Waals surface area contributed by atoms with Gasteiger partial charge in [0.1, 0.15) is 0 Å². The lowest BCUT2D eigenvalue weighted by Gasteiger charge is -2.28. The van der Waals surface area contributed by atoms with Gasteiger partial charge < -0.3 is 10.2 Å². The zero-order valence-electron chi connectivity index (χ0n) is 18.8. The topological polar surface area (TPSA) is 78.5 Å². The van der Waals surface area contributed by atoms with E-state index < -0.39 is 10.0 Å². The summed E-state index contributed by atoms with van der Waals surface area (Å²) in [6.45, 7) is 4.43. The lowest BCUT2D eigenvalue weighted by atomic mass is 10.1. The number of anilines is 2. The van der Waals surface area contributed by atoms with Crippen LogP contribution in [0.4, 0.5) is 11.4 Å². The molecular formula is C26H29N3O3S. The molecule has 1 heterocycles. The molecule has 0 saturated carbocycles. The number of rotatable bonds is 7. The molecule has 3 aromatic rings. The van der Waals surface area contributed by atoms with Crippen LogP contribution in [-0.4, -0.2) is 27.4 Å². The van der Waals surface area contributed by atoms with E-state index in [9.17, 15) is 13.2 Å². The quantitative estimate of drug-likeness (QED) is 0.532. The minimum absolute atomic E-state index is 0.150. The van der Waals surface area contributed by atoms with Crippen molar-refractivity contribution in [3.05, 3.63) is 89.5 Å². The highest BCUT2D eigenvalue weighted by molar-refractivity contribution is 7.92. The molecule has 4 rings (SSSR count). The third-order valence-corrected chi connectivity index (χ3v) is 7.24. The van der Waals surface area contributed by atoms with Crippen molar-refractivity contribution in [1.82, 2.24) is 5.32 Å². The van der Waals surface area contributed by atoms with Crippen LogP contribution in [0.15, 0.2) is 77.7 Å². The molecule has 0 unspecified atom stereocenters. The van der Waals surface area contributed by atoms with Crippen LogP contribution in [0, 0.1) is 6.92 Å². The monoisotopic (exact) mass is 463 g/mol. The zero-order chi connectivity index (χ0) is 23.3. The fraction of sp³-hybridized carbons (Fsp3) is 0.269. The number of carbonyl (C=O) groups is 1. The fourth-order valence-electron chi connectivity index (χ4n) is 3.95. The Hall–Kier alpha value is -3.32. The van der Waals surface area contributed by atoms with Crippen molar-refractivity contribution in [2.24, 2.45) is 0 Å². The van der Waals surface area contributed by atoms with Gasteiger partial charge in [-0.1, -0.05) is 42.0 Å². The minimum Gasteiger partial charge on any atom is -0.372 e. The number of piperidine rings is 1. The molecule has 1 amide bonds. The Balaban J connectivity index is 1.42. The van der Waals surface area contributed by atoms with Gasteiger partial charge >= 0.3 is 0 Å². The van der Waals surface area contributed by atoms with E-state index in [1.165, 1.54) is 24.9 Å². The summed E-state index contributed by atoms with van der Waals surface area (Å²) in [7, 11) is -3.80. The number of nitrogens with one attached hydrogen (secondary N) is 2. The number of benzene rings is 3. The third kappa shape index (κ3) is 5.73. The molecule has 7 heteroatoms. The summed E-state index contributed by atoms with van der Waals surface area (Å²) >= 11 is 0. The Morgan fingerprint density at radius 1 is 0.879 bits per heavy atom. The van der Waals surface area contributed by atoms with Crippen LogP contribution in [0.5, 0.6) is 0 Å². The summed E-state index contributed by atoms with van der Waals surface area (Å²) in [4.78, 5) is 15.4. The Bertz CT molecular complexity index is 1200.